The summed E-state index contributed by atoms with van der Waals surface area (Å²) in [4.78, 5) is 4.28. The van der Waals surface area contributed by atoms with E-state index < -0.39 is 0 Å². The van der Waals surface area contributed by atoms with Crippen molar-refractivity contribution in [2.75, 3.05) is 0 Å². The SMILES string of the molecule is c1cncc(CC2(C3CCCC3)CCCC2)c1. The van der Waals surface area contributed by atoms with Crippen molar-refractivity contribution in [3.63, 3.8) is 0 Å². The third-order valence-electron chi connectivity index (χ3n) is 5.10. The predicted molar refractivity (Wildman–Crippen MR) is 70.8 cm³/mol. The lowest BCUT2D eigenvalue weighted by atomic mass is 9.69. The Kier molecular flexibility index (Phi) is 3.17. The molecular formula is C16H23N. The van der Waals surface area contributed by atoms with E-state index in [9.17, 15) is 0 Å². The second-order valence-corrected chi connectivity index (χ2v) is 6.09. The van der Waals surface area contributed by atoms with Crippen LogP contribution in [0.5, 0.6) is 0 Å². The number of hydrogen-bond acceptors (Lipinski definition) is 1. The zero-order valence-corrected chi connectivity index (χ0v) is 10.7. The summed E-state index contributed by atoms with van der Waals surface area (Å²) < 4.78 is 0. The van der Waals surface area contributed by atoms with Crippen LogP contribution in [-0.2, 0) is 6.42 Å². The lowest BCUT2D eigenvalue weighted by Crippen LogP contribution is -2.28. The van der Waals surface area contributed by atoms with Gasteiger partial charge in [-0.3, -0.25) is 4.98 Å². The minimum atomic E-state index is 0.638. The van der Waals surface area contributed by atoms with E-state index in [-0.39, 0.29) is 0 Å². The Balaban J connectivity index is 1.80. The molecule has 3 rings (SSSR count). The maximum absolute atomic E-state index is 4.28. The van der Waals surface area contributed by atoms with Gasteiger partial charge in [-0.05, 0) is 55.1 Å². The van der Waals surface area contributed by atoms with Crippen LogP contribution in [0.25, 0.3) is 0 Å². The average Bonchev–Trinajstić information content (AvgIpc) is 3.01. The number of rotatable bonds is 3. The monoisotopic (exact) mass is 229 g/mol. The minimum absolute atomic E-state index is 0.638. The van der Waals surface area contributed by atoms with E-state index in [0.717, 1.165) is 5.92 Å². The summed E-state index contributed by atoms with van der Waals surface area (Å²) in [7, 11) is 0. The smallest absolute Gasteiger partial charge is 0.0300 e. The van der Waals surface area contributed by atoms with Crippen LogP contribution in [0.3, 0.4) is 0 Å². The molecule has 0 saturated heterocycles. The van der Waals surface area contributed by atoms with Gasteiger partial charge in [0.2, 0.25) is 0 Å². The van der Waals surface area contributed by atoms with Gasteiger partial charge in [-0.1, -0.05) is 31.7 Å². The topological polar surface area (TPSA) is 12.9 Å². The highest BCUT2D eigenvalue weighted by Crippen LogP contribution is 2.52. The van der Waals surface area contributed by atoms with E-state index in [0.29, 0.717) is 5.41 Å². The maximum Gasteiger partial charge on any atom is 0.0300 e. The van der Waals surface area contributed by atoms with E-state index in [1.165, 1.54) is 63.4 Å². The van der Waals surface area contributed by atoms with Crippen LogP contribution in [0.1, 0.15) is 56.9 Å². The molecule has 17 heavy (non-hydrogen) atoms. The molecule has 0 amide bonds. The highest BCUT2D eigenvalue weighted by atomic mass is 14.6. The molecule has 2 aliphatic carbocycles. The van der Waals surface area contributed by atoms with Gasteiger partial charge in [-0.25, -0.2) is 0 Å². The third kappa shape index (κ3) is 2.25. The molecule has 1 heteroatoms. The van der Waals surface area contributed by atoms with Crippen molar-refractivity contribution in [3.8, 4) is 0 Å². The number of hydrogen-bond donors (Lipinski definition) is 0. The Labute approximate surface area is 105 Å². The van der Waals surface area contributed by atoms with Crippen LogP contribution in [0.15, 0.2) is 24.5 Å². The standard InChI is InChI=1S/C16H23N/c1-2-8-15(7-1)16(9-3-4-10-16)12-14-6-5-11-17-13-14/h5-6,11,13,15H,1-4,7-10,12H2. The normalized spacial score (nSPS) is 24.2. The van der Waals surface area contributed by atoms with Crippen LogP contribution in [0, 0.1) is 11.3 Å². The van der Waals surface area contributed by atoms with E-state index in [4.69, 9.17) is 0 Å². The molecular weight excluding hydrogens is 206 g/mol. The molecule has 0 aromatic carbocycles. The molecule has 0 spiro atoms. The summed E-state index contributed by atoms with van der Waals surface area (Å²) in [5.41, 5.74) is 2.10. The van der Waals surface area contributed by atoms with Crippen molar-refractivity contribution in [1.82, 2.24) is 4.98 Å². The summed E-state index contributed by atoms with van der Waals surface area (Å²) in [6.07, 6.45) is 17.0. The van der Waals surface area contributed by atoms with Gasteiger partial charge < -0.3 is 0 Å². The predicted octanol–water partition coefficient (Wildman–Crippen LogP) is 4.37. The van der Waals surface area contributed by atoms with E-state index in [1.807, 2.05) is 6.20 Å². The second kappa shape index (κ2) is 4.80. The fourth-order valence-corrected chi connectivity index (χ4v) is 4.26. The van der Waals surface area contributed by atoms with Crippen molar-refractivity contribution < 1.29 is 0 Å². The Morgan fingerprint density at radius 1 is 1.12 bits per heavy atom. The molecule has 1 aromatic heterocycles. The molecule has 0 bridgehead atoms. The lowest BCUT2D eigenvalue weighted by molar-refractivity contribution is 0.168. The van der Waals surface area contributed by atoms with Gasteiger partial charge in [0.1, 0.15) is 0 Å². The van der Waals surface area contributed by atoms with E-state index in [1.54, 1.807) is 0 Å². The van der Waals surface area contributed by atoms with Gasteiger partial charge in [0.15, 0.2) is 0 Å². The molecule has 2 saturated carbocycles. The van der Waals surface area contributed by atoms with Crippen molar-refractivity contribution in [2.45, 2.75) is 57.8 Å². The molecule has 1 aromatic rings. The fourth-order valence-electron chi connectivity index (χ4n) is 4.26. The Morgan fingerprint density at radius 3 is 2.53 bits per heavy atom. The van der Waals surface area contributed by atoms with Gasteiger partial charge in [0.05, 0.1) is 0 Å². The first-order valence-corrected chi connectivity index (χ1v) is 7.28. The molecule has 0 N–H and O–H groups in total. The van der Waals surface area contributed by atoms with Crippen molar-refractivity contribution in [2.24, 2.45) is 11.3 Å². The van der Waals surface area contributed by atoms with E-state index in [2.05, 4.69) is 23.3 Å². The van der Waals surface area contributed by atoms with Crippen molar-refractivity contribution in [1.29, 1.82) is 0 Å². The van der Waals surface area contributed by atoms with Crippen LogP contribution >= 0.6 is 0 Å². The Bertz CT molecular complexity index is 345. The van der Waals surface area contributed by atoms with Gasteiger partial charge in [-0.2, -0.15) is 0 Å². The summed E-state index contributed by atoms with van der Waals surface area (Å²) >= 11 is 0. The zero-order valence-electron chi connectivity index (χ0n) is 10.7. The number of aromatic nitrogens is 1. The fraction of sp³-hybridized carbons (Fsp3) is 0.688. The molecule has 0 atom stereocenters. The van der Waals surface area contributed by atoms with Crippen LogP contribution in [0.4, 0.5) is 0 Å². The van der Waals surface area contributed by atoms with Gasteiger partial charge in [0.25, 0.3) is 0 Å². The van der Waals surface area contributed by atoms with Crippen molar-refractivity contribution >= 4 is 0 Å². The quantitative estimate of drug-likeness (QED) is 0.749. The number of pyridine rings is 1. The first-order valence-electron chi connectivity index (χ1n) is 7.28. The van der Waals surface area contributed by atoms with Gasteiger partial charge >= 0.3 is 0 Å². The summed E-state index contributed by atoms with van der Waals surface area (Å²) in [6.45, 7) is 0. The van der Waals surface area contributed by atoms with Crippen LogP contribution in [-0.4, -0.2) is 4.98 Å². The van der Waals surface area contributed by atoms with Gasteiger partial charge in [0, 0.05) is 12.4 Å². The van der Waals surface area contributed by atoms with Crippen LogP contribution < -0.4 is 0 Å². The Morgan fingerprint density at radius 2 is 1.88 bits per heavy atom. The lowest BCUT2D eigenvalue weighted by Gasteiger charge is -2.35. The molecule has 0 unspecified atom stereocenters. The highest BCUT2D eigenvalue weighted by Gasteiger charge is 2.41. The highest BCUT2D eigenvalue weighted by molar-refractivity contribution is 5.13. The molecule has 2 aliphatic rings. The third-order valence-corrected chi connectivity index (χ3v) is 5.10. The molecule has 0 aliphatic heterocycles. The van der Waals surface area contributed by atoms with E-state index >= 15 is 0 Å². The molecule has 2 fully saturated rings. The van der Waals surface area contributed by atoms with Crippen molar-refractivity contribution in [3.05, 3.63) is 30.1 Å². The molecule has 1 nitrogen and oxygen atoms in total. The second-order valence-electron chi connectivity index (χ2n) is 6.09. The average molecular weight is 229 g/mol. The summed E-state index contributed by atoms with van der Waals surface area (Å²) in [6, 6.07) is 4.36. The molecule has 92 valence electrons. The maximum atomic E-state index is 4.28. The Hall–Kier alpha value is -0.850. The number of nitrogens with zero attached hydrogens (tertiary/aromatic N) is 1. The summed E-state index contributed by atoms with van der Waals surface area (Å²) in [5.74, 6) is 1.00. The largest absolute Gasteiger partial charge is 0.264 e. The summed E-state index contributed by atoms with van der Waals surface area (Å²) in [5, 5.41) is 0. The minimum Gasteiger partial charge on any atom is -0.264 e. The first kappa shape index (κ1) is 11.3. The zero-order chi connectivity index (χ0) is 11.6. The van der Waals surface area contributed by atoms with Gasteiger partial charge in [-0.15, -0.1) is 0 Å². The first-order chi connectivity index (χ1) is 8.39. The molecule has 0 radical (unpaired) electrons. The van der Waals surface area contributed by atoms with Crippen LogP contribution in [0.2, 0.25) is 0 Å². The molecule has 1 heterocycles.